The van der Waals surface area contributed by atoms with Crippen LogP contribution in [0.2, 0.25) is 0 Å². The SMILES string of the molecule is N=C(/C=C(\NNc1ccccc1)c1cccc2c1CCc1ccccc1-2)C1C=C(c2cccc3c2sc2ccccc23)C=CC1c1cccc2c1sc1ccccc12. The lowest BCUT2D eigenvalue weighted by Gasteiger charge is -2.28. The Morgan fingerprint density at radius 2 is 1.22 bits per heavy atom. The summed E-state index contributed by atoms with van der Waals surface area (Å²) < 4.78 is 5.17. The molecule has 58 heavy (non-hydrogen) atoms. The van der Waals surface area contributed by atoms with Gasteiger partial charge in [-0.1, -0.05) is 152 Å². The molecule has 2 aromatic heterocycles. The van der Waals surface area contributed by atoms with Crippen LogP contribution in [-0.2, 0) is 12.8 Å². The minimum absolute atomic E-state index is 0.0363. The van der Waals surface area contributed by atoms with Crippen LogP contribution in [0.15, 0.2) is 182 Å². The highest BCUT2D eigenvalue weighted by Crippen LogP contribution is 2.46. The van der Waals surface area contributed by atoms with Crippen LogP contribution in [0.4, 0.5) is 5.69 Å². The van der Waals surface area contributed by atoms with E-state index in [-0.39, 0.29) is 11.8 Å². The van der Waals surface area contributed by atoms with Crippen molar-refractivity contribution in [2.75, 3.05) is 5.43 Å². The number of thiophene rings is 2. The first-order chi connectivity index (χ1) is 28.7. The normalized spacial score (nSPS) is 16.3. The van der Waals surface area contributed by atoms with Gasteiger partial charge in [-0.05, 0) is 82.1 Å². The fourth-order valence-electron chi connectivity index (χ4n) is 9.16. The van der Waals surface area contributed by atoms with Crippen LogP contribution >= 0.6 is 22.7 Å². The summed E-state index contributed by atoms with van der Waals surface area (Å²) >= 11 is 3.72. The Balaban J connectivity index is 1.08. The van der Waals surface area contributed by atoms with Crippen LogP contribution in [0.3, 0.4) is 0 Å². The van der Waals surface area contributed by atoms with Gasteiger partial charge in [0.1, 0.15) is 0 Å². The maximum absolute atomic E-state index is 10.2. The van der Waals surface area contributed by atoms with Crippen molar-refractivity contribution in [2.24, 2.45) is 5.92 Å². The molecule has 0 saturated heterocycles. The lowest BCUT2D eigenvalue weighted by Crippen LogP contribution is -2.25. The average molecular weight is 782 g/mol. The Morgan fingerprint density at radius 3 is 2.05 bits per heavy atom. The molecule has 0 radical (unpaired) electrons. The van der Waals surface area contributed by atoms with Crippen molar-refractivity contribution in [3.63, 3.8) is 0 Å². The number of hydrogen-bond donors (Lipinski definition) is 3. The molecule has 278 valence electrons. The minimum Gasteiger partial charge on any atom is -0.305 e. The molecule has 3 nitrogen and oxygen atoms in total. The molecule has 2 aliphatic rings. The van der Waals surface area contributed by atoms with Crippen molar-refractivity contribution < 1.29 is 0 Å². The molecule has 3 N–H and O–H groups in total. The fourth-order valence-corrected chi connectivity index (χ4v) is 11.7. The molecule has 0 fully saturated rings. The van der Waals surface area contributed by atoms with Crippen LogP contribution in [0, 0.1) is 11.3 Å². The van der Waals surface area contributed by atoms with Crippen molar-refractivity contribution >= 4 is 85.7 Å². The number of benzene rings is 7. The highest BCUT2D eigenvalue weighted by molar-refractivity contribution is 7.26. The van der Waals surface area contributed by atoms with E-state index in [9.17, 15) is 5.41 Å². The highest BCUT2D eigenvalue weighted by Gasteiger charge is 2.30. The molecule has 0 bridgehead atoms. The molecule has 11 rings (SSSR count). The Kier molecular flexibility index (Phi) is 8.64. The van der Waals surface area contributed by atoms with Gasteiger partial charge in [-0.15, -0.1) is 22.7 Å². The van der Waals surface area contributed by atoms with E-state index in [2.05, 4.69) is 175 Å². The predicted octanol–water partition coefficient (Wildman–Crippen LogP) is 14.2. The van der Waals surface area contributed by atoms with E-state index in [1.165, 1.54) is 73.7 Å². The van der Waals surface area contributed by atoms with Gasteiger partial charge < -0.3 is 16.3 Å². The summed E-state index contributed by atoms with van der Waals surface area (Å²) in [6.07, 6.45) is 11.1. The van der Waals surface area contributed by atoms with E-state index < -0.39 is 0 Å². The molecule has 0 saturated carbocycles. The Hall–Kier alpha value is -6.53. The first-order valence-corrected chi connectivity index (χ1v) is 21.6. The van der Waals surface area contributed by atoms with Crippen molar-refractivity contribution in [1.29, 1.82) is 5.41 Å². The van der Waals surface area contributed by atoms with E-state index >= 15 is 0 Å². The monoisotopic (exact) mass is 781 g/mol. The van der Waals surface area contributed by atoms with Crippen LogP contribution < -0.4 is 10.9 Å². The third-order valence-electron chi connectivity index (χ3n) is 11.9. The number of hydrazine groups is 1. The number of nitrogens with one attached hydrogen (secondary N) is 3. The number of allylic oxidation sites excluding steroid dienone is 5. The quantitative estimate of drug-likeness (QED) is 0.106. The van der Waals surface area contributed by atoms with Gasteiger partial charge in [0, 0.05) is 63.5 Å². The van der Waals surface area contributed by atoms with Gasteiger partial charge in [0.15, 0.2) is 0 Å². The zero-order valence-electron chi connectivity index (χ0n) is 31.7. The Morgan fingerprint density at radius 1 is 0.586 bits per heavy atom. The van der Waals surface area contributed by atoms with Gasteiger partial charge in [0.2, 0.25) is 0 Å². The maximum Gasteiger partial charge on any atom is 0.0633 e. The molecule has 2 atom stereocenters. The molecule has 9 aromatic rings. The summed E-state index contributed by atoms with van der Waals surface area (Å²) in [5.74, 6) is -0.264. The van der Waals surface area contributed by atoms with Crippen molar-refractivity contribution in [3.05, 3.63) is 210 Å². The topological polar surface area (TPSA) is 47.9 Å². The van der Waals surface area contributed by atoms with Gasteiger partial charge >= 0.3 is 0 Å². The van der Waals surface area contributed by atoms with E-state index in [1.807, 2.05) is 40.9 Å². The standard InChI is InChI=1S/C53H39N3S2/c54-48(32-49(56-55-35-14-2-1-3-15-35)41-21-11-20-38-36-16-5-4-13-33(36)27-29-39(38)41)47-31-34(37-19-10-23-45-42-17-6-8-25-50(42)57-52(37)45)28-30-40(47)44-22-12-24-46-43-18-7-9-26-51(43)58-53(44)46/h1-26,28,30-32,40,47,54-56H,27,29H2/b49-32-,54-48?. The van der Waals surface area contributed by atoms with Gasteiger partial charge in [0.25, 0.3) is 0 Å². The number of aryl methyl sites for hydroxylation is 1. The Labute approximate surface area is 345 Å². The zero-order valence-corrected chi connectivity index (χ0v) is 33.3. The second kappa shape index (κ2) is 14.4. The van der Waals surface area contributed by atoms with Crippen LogP contribution in [-0.4, -0.2) is 5.71 Å². The zero-order chi connectivity index (χ0) is 38.6. The van der Waals surface area contributed by atoms with Crippen LogP contribution in [0.5, 0.6) is 0 Å². The smallest absolute Gasteiger partial charge is 0.0633 e. The molecule has 0 amide bonds. The second-order valence-corrected chi connectivity index (χ2v) is 17.4. The molecular formula is C53H39N3S2. The molecule has 5 heteroatoms. The molecule has 2 heterocycles. The summed E-state index contributed by atoms with van der Waals surface area (Å²) in [5, 5.41) is 15.3. The number of para-hydroxylation sites is 1. The van der Waals surface area contributed by atoms with Crippen molar-refractivity contribution in [2.45, 2.75) is 18.8 Å². The molecule has 0 spiro atoms. The van der Waals surface area contributed by atoms with Gasteiger partial charge in [-0.3, -0.25) is 0 Å². The number of fused-ring (bicyclic) bond motifs is 9. The number of anilines is 1. The predicted molar refractivity (Wildman–Crippen MR) is 250 cm³/mol. The van der Waals surface area contributed by atoms with E-state index in [1.54, 1.807) is 0 Å². The first kappa shape index (κ1) is 34.7. The lowest BCUT2D eigenvalue weighted by molar-refractivity contribution is 0.743. The molecular weight excluding hydrogens is 743 g/mol. The summed E-state index contributed by atoms with van der Waals surface area (Å²) in [6.45, 7) is 0. The molecule has 0 aliphatic heterocycles. The third-order valence-corrected chi connectivity index (χ3v) is 14.4. The fraction of sp³-hybridized carbons (Fsp3) is 0.0755. The van der Waals surface area contributed by atoms with Crippen molar-refractivity contribution in [1.82, 2.24) is 5.43 Å². The van der Waals surface area contributed by atoms with Gasteiger partial charge in [0.05, 0.1) is 11.4 Å². The molecule has 7 aromatic carbocycles. The first-order valence-electron chi connectivity index (χ1n) is 20.0. The number of hydrogen-bond acceptors (Lipinski definition) is 5. The largest absolute Gasteiger partial charge is 0.305 e. The lowest BCUT2D eigenvalue weighted by atomic mass is 9.76. The third kappa shape index (κ3) is 5.97. The summed E-state index contributed by atoms with van der Waals surface area (Å²) in [5.41, 5.74) is 19.5. The number of rotatable bonds is 8. The van der Waals surface area contributed by atoms with Crippen molar-refractivity contribution in [3.8, 4) is 11.1 Å². The minimum atomic E-state index is -0.228. The summed E-state index contributed by atoms with van der Waals surface area (Å²) in [4.78, 5) is 0. The van der Waals surface area contributed by atoms with E-state index in [0.717, 1.165) is 35.4 Å². The molecule has 2 aliphatic carbocycles. The Bertz CT molecular complexity index is 3160. The van der Waals surface area contributed by atoms with E-state index in [4.69, 9.17) is 0 Å². The second-order valence-electron chi connectivity index (χ2n) is 15.3. The maximum atomic E-state index is 10.2. The van der Waals surface area contributed by atoms with Gasteiger partial charge in [-0.25, -0.2) is 0 Å². The highest BCUT2D eigenvalue weighted by atomic mass is 32.1. The molecule has 2 unspecified atom stereocenters. The van der Waals surface area contributed by atoms with E-state index in [0.29, 0.717) is 5.71 Å². The van der Waals surface area contributed by atoms with Gasteiger partial charge in [-0.2, -0.15) is 0 Å². The average Bonchev–Trinajstić information content (AvgIpc) is 3.86. The summed E-state index contributed by atoms with van der Waals surface area (Å²) in [6, 6.07) is 56.5. The summed E-state index contributed by atoms with van der Waals surface area (Å²) in [7, 11) is 0. The van der Waals surface area contributed by atoms with Crippen LogP contribution in [0.25, 0.3) is 62.7 Å². The van der Waals surface area contributed by atoms with Crippen LogP contribution in [0.1, 0.15) is 33.7 Å².